The lowest BCUT2D eigenvalue weighted by Crippen LogP contribution is -2.20. The van der Waals surface area contributed by atoms with E-state index in [1.54, 1.807) is 37.4 Å². The maximum absolute atomic E-state index is 11.9. The maximum atomic E-state index is 11.9. The number of carbonyl (C=O) groups is 1. The van der Waals surface area contributed by atoms with E-state index in [-0.39, 0.29) is 6.03 Å². The van der Waals surface area contributed by atoms with Crippen molar-refractivity contribution in [2.45, 2.75) is 6.92 Å². The van der Waals surface area contributed by atoms with Crippen LogP contribution in [0, 0.1) is 6.92 Å². The molecule has 0 spiro atoms. The Labute approximate surface area is 117 Å². The number of aryl methyl sites for hydroxylation is 1. The number of carbonyl (C=O) groups excluding carboxylic acids is 1. The molecule has 0 atom stereocenters. The standard InChI is InChI=1S/C15H17N3O2/c1-10-8-11(16)6-7-14(10)18-15(19)17-12-4-3-5-13(9-12)20-2/h3-9H,16H2,1-2H3,(H2,17,18,19). The molecule has 0 saturated heterocycles. The molecule has 0 aliphatic heterocycles. The Kier molecular flexibility index (Phi) is 4.10. The van der Waals surface area contributed by atoms with Crippen molar-refractivity contribution in [1.82, 2.24) is 0 Å². The van der Waals surface area contributed by atoms with Crippen LogP contribution in [0.4, 0.5) is 21.9 Å². The fourth-order valence-corrected chi connectivity index (χ4v) is 1.81. The number of urea groups is 1. The van der Waals surface area contributed by atoms with Gasteiger partial charge in [0.05, 0.1) is 7.11 Å². The Balaban J connectivity index is 2.05. The van der Waals surface area contributed by atoms with Gasteiger partial charge in [-0.25, -0.2) is 4.79 Å². The summed E-state index contributed by atoms with van der Waals surface area (Å²) in [6.07, 6.45) is 0. The first kappa shape index (κ1) is 13.7. The molecule has 0 aromatic heterocycles. The number of nitrogens with one attached hydrogen (secondary N) is 2. The van der Waals surface area contributed by atoms with E-state index in [1.165, 1.54) is 0 Å². The minimum absolute atomic E-state index is 0.314. The Morgan fingerprint density at radius 3 is 2.65 bits per heavy atom. The second-order valence-corrected chi connectivity index (χ2v) is 4.39. The van der Waals surface area contributed by atoms with Crippen molar-refractivity contribution in [1.29, 1.82) is 0 Å². The number of nitrogens with two attached hydrogens (primary N) is 1. The summed E-state index contributed by atoms with van der Waals surface area (Å²) >= 11 is 0. The lowest BCUT2D eigenvalue weighted by molar-refractivity contribution is 0.262. The molecule has 104 valence electrons. The maximum Gasteiger partial charge on any atom is 0.323 e. The summed E-state index contributed by atoms with van der Waals surface area (Å²) in [5.74, 6) is 0.687. The van der Waals surface area contributed by atoms with Gasteiger partial charge in [-0.1, -0.05) is 6.07 Å². The van der Waals surface area contributed by atoms with Crippen molar-refractivity contribution in [3.05, 3.63) is 48.0 Å². The molecule has 0 radical (unpaired) electrons. The summed E-state index contributed by atoms with van der Waals surface area (Å²) in [6.45, 7) is 1.89. The largest absolute Gasteiger partial charge is 0.497 e. The van der Waals surface area contributed by atoms with Gasteiger partial charge in [0.2, 0.25) is 0 Å². The van der Waals surface area contributed by atoms with Crippen molar-refractivity contribution in [2.24, 2.45) is 0 Å². The summed E-state index contributed by atoms with van der Waals surface area (Å²) in [7, 11) is 1.58. The highest BCUT2D eigenvalue weighted by Gasteiger charge is 2.05. The second kappa shape index (κ2) is 5.97. The zero-order valence-electron chi connectivity index (χ0n) is 11.4. The zero-order valence-corrected chi connectivity index (χ0v) is 11.4. The van der Waals surface area contributed by atoms with Crippen molar-refractivity contribution in [3.63, 3.8) is 0 Å². The quantitative estimate of drug-likeness (QED) is 0.750. The van der Waals surface area contributed by atoms with E-state index >= 15 is 0 Å². The van der Waals surface area contributed by atoms with Crippen LogP contribution in [0.15, 0.2) is 42.5 Å². The van der Waals surface area contributed by atoms with Crippen LogP contribution in [0.3, 0.4) is 0 Å². The van der Waals surface area contributed by atoms with E-state index in [0.29, 0.717) is 17.1 Å². The van der Waals surface area contributed by atoms with Gasteiger partial charge in [0.15, 0.2) is 0 Å². The number of benzene rings is 2. The molecule has 2 rings (SSSR count). The molecule has 5 nitrogen and oxygen atoms in total. The number of nitrogen functional groups attached to an aromatic ring is 1. The van der Waals surface area contributed by atoms with Crippen molar-refractivity contribution in [2.75, 3.05) is 23.5 Å². The number of hydrogen-bond acceptors (Lipinski definition) is 3. The fraction of sp³-hybridized carbons (Fsp3) is 0.133. The summed E-state index contributed by atoms with van der Waals surface area (Å²) in [5, 5.41) is 5.52. The number of amides is 2. The highest BCUT2D eigenvalue weighted by atomic mass is 16.5. The van der Waals surface area contributed by atoms with Crippen LogP contribution >= 0.6 is 0 Å². The number of methoxy groups -OCH3 is 1. The van der Waals surface area contributed by atoms with E-state index in [9.17, 15) is 4.79 Å². The monoisotopic (exact) mass is 271 g/mol. The van der Waals surface area contributed by atoms with Gasteiger partial charge in [-0.05, 0) is 42.8 Å². The molecule has 0 bridgehead atoms. The third kappa shape index (κ3) is 3.41. The van der Waals surface area contributed by atoms with Crippen LogP contribution in [0.5, 0.6) is 5.75 Å². The van der Waals surface area contributed by atoms with Gasteiger partial charge in [-0.3, -0.25) is 0 Å². The molecule has 5 heteroatoms. The molecule has 2 amide bonds. The highest BCUT2D eigenvalue weighted by molar-refractivity contribution is 6.00. The summed E-state index contributed by atoms with van der Waals surface area (Å²) < 4.78 is 5.10. The Morgan fingerprint density at radius 1 is 1.15 bits per heavy atom. The molecule has 0 aliphatic carbocycles. The van der Waals surface area contributed by atoms with Gasteiger partial charge >= 0.3 is 6.03 Å². The minimum Gasteiger partial charge on any atom is -0.497 e. The van der Waals surface area contributed by atoms with Crippen LogP contribution in [-0.4, -0.2) is 13.1 Å². The number of hydrogen-bond donors (Lipinski definition) is 3. The molecule has 0 saturated carbocycles. The van der Waals surface area contributed by atoms with E-state index in [4.69, 9.17) is 10.5 Å². The Morgan fingerprint density at radius 2 is 1.95 bits per heavy atom. The zero-order chi connectivity index (χ0) is 14.5. The van der Waals surface area contributed by atoms with Crippen LogP contribution < -0.4 is 21.1 Å². The fourth-order valence-electron chi connectivity index (χ4n) is 1.81. The van der Waals surface area contributed by atoms with Gasteiger partial charge < -0.3 is 21.1 Å². The van der Waals surface area contributed by atoms with E-state index < -0.39 is 0 Å². The first-order valence-electron chi connectivity index (χ1n) is 6.16. The molecule has 20 heavy (non-hydrogen) atoms. The van der Waals surface area contributed by atoms with Gasteiger partial charge in [0.25, 0.3) is 0 Å². The number of ether oxygens (including phenoxy) is 1. The van der Waals surface area contributed by atoms with Gasteiger partial charge in [0.1, 0.15) is 5.75 Å². The highest BCUT2D eigenvalue weighted by Crippen LogP contribution is 2.19. The lowest BCUT2D eigenvalue weighted by Gasteiger charge is -2.11. The van der Waals surface area contributed by atoms with Crippen LogP contribution in [0.25, 0.3) is 0 Å². The number of rotatable bonds is 3. The predicted octanol–water partition coefficient (Wildman–Crippen LogP) is 3.23. The lowest BCUT2D eigenvalue weighted by atomic mass is 10.2. The van der Waals surface area contributed by atoms with E-state index in [0.717, 1.165) is 11.3 Å². The van der Waals surface area contributed by atoms with Crippen molar-refractivity contribution >= 4 is 23.1 Å². The molecular formula is C15H17N3O2. The summed E-state index contributed by atoms with van der Waals surface area (Å²) in [5.41, 5.74) is 8.63. The minimum atomic E-state index is -0.314. The predicted molar refractivity (Wildman–Crippen MR) is 81.2 cm³/mol. The van der Waals surface area contributed by atoms with Gasteiger partial charge in [0, 0.05) is 23.1 Å². The van der Waals surface area contributed by atoms with Crippen molar-refractivity contribution in [3.8, 4) is 5.75 Å². The van der Waals surface area contributed by atoms with Crippen molar-refractivity contribution < 1.29 is 9.53 Å². The van der Waals surface area contributed by atoms with E-state index in [1.807, 2.05) is 19.1 Å². The first-order valence-corrected chi connectivity index (χ1v) is 6.16. The molecule has 2 aromatic carbocycles. The SMILES string of the molecule is COc1cccc(NC(=O)Nc2ccc(N)cc2C)c1. The normalized spacial score (nSPS) is 9.90. The summed E-state index contributed by atoms with van der Waals surface area (Å²) in [6, 6.07) is 12.2. The molecule has 0 aliphatic rings. The molecule has 0 fully saturated rings. The molecule has 2 aromatic rings. The first-order chi connectivity index (χ1) is 9.58. The Hall–Kier alpha value is -2.69. The second-order valence-electron chi connectivity index (χ2n) is 4.39. The smallest absolute Gasteiger partial charge is 0.323 e. The summed E-state index contributed by atoms with van der Waals surface area (Å²) in [4.78, 5) is 11.9. The average molecular weight is 271 g/mol. The molecular weight excluding hydrogens is 254 g/mol. The van der Waals surface area contributed by atoms with Crippen LogP contribution in [0.1, 0.15) is 5.56 Å². The van der Waals surface area contributed by atoms with Crippen LogP contribution in [-0.2, 0) is 0 Å². The Bertz CT molecular complexity index is 626. The molecule has 4 N–H and O–H groups in total. The van der Waals surface area contributed by atoms with Crippen LogP contribution in [0.2, 0.25) is 0 Å². The van der Waals surface area contributed by atoms with Gasteiger partial charge in [-0.2, -0.15) is 0 Å². The van der Waals surface area contributed by atoms with Gasteiger partial charge in [-0.15, -0.1) is 0 Å². The number of anilines is 3. The molecule has 0 unspecified atom stereocenters. The topological polar surface area (TPSA) is 76.4 Å². The van der Waals surface area contributed by atoms with E-state index in [2.05, 4.69) is 10.6 Å². The average Bonchev–Trinajstić information content (AvgIpc) is 2.42. The third-order valence-corrected chi connectivity index (χ3v) is 2.83. The molecule has 0 heterocycles. The third-order valence-electron chi connectivity index (χ3n) is 2.83.